The molecule has 0 unspecified atom stereocenters. The highest BCUT2D eigenvalue weighted by molar-refractivity contribution is 5.95. The van der Waals surface area contributed by atoms with Gasteiger partial charge < -0.3 is 15.6 Å². The van der Waals surface area contributed by atoms with Crippen LogP contribution >= 0.6 is 0 Å². The SMILES string of the molecule is Cc1noc(CNC(=O)c2cc(N)ccc2F)n1. The zero-order valence-electron chi connectivity index (χ0n) is 9.61. The summed E-state index contributed by atoms with van der Waals surface area (Å²) < 4.78 is 18.2. The van der Waals surface area contributed by atoms with Crippen molar-refractivity contribution in [2.75, 3.05) is 5.73 Å². The predicted molar refractivity (Wildman–Crippen MR) is 61.0 cm³/mol. The maximum absolute atomic E-state index is 13.4. The minimum Gasteiger partial charge on any atom is -0.399 e. The fraction of sp³-hybridized carbons (Fsp3) is 0.182. The third-order valence-corrected chi connectivity index (χ3v) is 2.20. The van der Waals surface area contributed by atoms with Crippen LogP contribution in [-0.2, 0) is 6.54 Å². The molecule has 1 aromatic heterocycles. The third kappa shape index (κ3) is 2.62. The van der Waals surface area contributed by atoms with Gasteiger partial charge in [-0.25, -0.2) is 4.39 Å². The van der Waals surface area contributed by atoms with E-state index in [2.05, 4.69) is 15.5 Å². The Morgan fingerprint density at radius 1 is 1.56 bits per heavy atom. The molecule has 0 saturated carbocycles. The topological polar surface area (TPSA) is 94.0 Å². The number of nitrogen functional groups attached to an aromatic ring is 1. The van der Waals surface area contributed by atoms with E-state index in [4.69, 9.17) is 10.3 Å². The normalized spacial score (nSPS) is 10.3. The lowest BCUT2D eigenvalue weighted by Crippen LogP contribution is -2.24. The summed E-state index contributed by atoms with van der Waals surface area (Å²) in [6.45, 7) is 1.69. The molecule has 18 heavy (non-hydrogen) atoms. The van der Waals surface area contributed by atoms with Crippen molar-refractivity contribution in [1.82, 2.24) is 15.5 Å². The average Bonchev–Trinajstić information content (AvgIpc) is 2.75. The molecule has 94 valence electrons. The molecule has 0 radical (unpaired) electrons. The highest BCUT2D eigenvalue weighted by Gasteiger charge is 2.13. The molecule has 0 atom stereocenters. The van der Waals surface area contributed by atoms with E-state index in [-0.39, 0.29) is 18.0 Å². The monoisotopic (exact) mass is 250 g/mol. The van der Waals surface area contributed by atoms with Crippen molar-refractivity contribution >= 4 is 11.6 Å². The first-order valence-electron chi connectivity index (χ1n) is 5.18. The van der Waals surface area contributed by atoms with Gasteiger partial charge in [0.05, 0.1) is 12.1 Å². The van der Waals surface area contributed by atoms with Gasteiger partial charge in [-0.05, 0) is 25.1 Å². The van der Waals surface area contributed by atoms with Gasteiger partial charge in [-0.2, -0.15) is 4.98 Å². The Kier molecular flexibility index (Phi) is 3.22. The van der Waals surface area contributed by atoms with Crippen molar-refractivity contribution in [1.29, 1.82) is 0 Å². The number of aromatic nitrogens is 2. The molecule has 0 bridgehead atoms. The van der Waals surface area contributed by atoms with Gasteiger partial charge in [0.15, 0.2) is 5.82 Å². The summed E-state index contributed by atoms with van der Waals surface area (Å²) in [4.78, 5) is 15.6. The summed E-state index contributed by atoms with van der Waals surface area (Å²) in [6.07, 6.45) is 0. The lowest BCUT2D eigenvalue weighted by molar-refractivity contribution is 0.0942. The van der Waals surface area contributed by atoms with Gasteiger partial charge in [0.2, 0.25) is 5.89 Å². The third-order valence-electron chi connectivity index (χ3n) is 2.20. The number of hydrogen-bond donors (Lipinski definition) is 2. The van der Waals surface area contributed by atoms with E-state index in [1.807, 2.05) is 0 Å². The van der Waals surface area contributed by atoms with E-state index in [9.17, 15) is 9.18 Å². The first-order chi connectivity index (χ1) is 8.56. The van der Waals surface area contributed by atoms with Gasteiger partial charge in [-0.15, -0.1) is 0 Å². The number of nitrogens with one attached hydrogen (secondary N) is 1. The minimum absolute atomic E-state index is 0.0356. The number of rotatable bonds is 3. The lowest BCUT2D eigenvalue weighted by atomic mass is 10.2. The summed E-state index contributed by atoms with van der Waals surface area (Å²) in [7, 11) is 0. The van der Waals surface area contributed by atoms with Crippen LogP contribution < -0.4 is 11.1 Å². The van der Waals surface area contributed by atoms with Crippen molar-refractivity contribution in [3.8, 4) is 0 Å². The molecule has 0 aliphatic heterocycles. The second kappa shape index (κ2) is 4.82. The molecule has 2 aromatic rings. The van der Waals surface area contributed by atoms with Gasteiger partial charge in [-0.1, -0.05) is 5.16 Å². The Balaban J connectivity index is 2.05. The molecule has 0 saturated heterocycles. The van der Waals surface area contributed by atoms with Crippen LogP contribution in [0.25, 0.3) is 0 Å². The Hall–Kier alpha value is -2.44. The number of benzene rings is 1. The van der Waals surface area contributed by atoms with E-state index < -0.39 is 11.7 Å². The molecule has 3 N–H and O–H groups in total. The Bertz CT molecular complexity index is 582. The zero-order valence-corrected chi connectivity index (χ0v) is 9.61. The summed E-state index contributed by atoms with van der Waals surface area (Å²) in [5.41, 5.74) is 5.68. The van der Waals surface area contributed by atoms with E-state index in [1.165, 1.54) is 12.1 Å². The van der Waals surface area contributed by atoms with E-state index in [0.29, 0.717) is 11.5 Å². The van der Waals surface area contributed by atoms with E-state index >= 15 is 0 Å². The van der Waals surface area contributed by atoms with Crippen molar-refractivity contribution in [3.63, 3.8) is 0 Å². The largest absolute Gasteiger partial charge is 0.399 e. The highest BCUT2D eigenvalue weighted by atomic mass is 19.1. The van der Waals surface area contributed by atoms with E-state index in [1.54, 1.807) is 6.92 Å². The van der Waals surface area contributed by atoms with Crippen molar-refractivity contribution in [2.45, 2.75) is 13.5 Å². The van der Waals surface area contributed by atoms with Gasteiger partial charge in [-0.3, -0.25) is 4.79 Å². The number of carbonyl (C=O) groups is 1. The number of nitrogens with two attached hydrogens (primary N) is 1. The van der Waals surface area contributed by atoms with Crippen LogP contribution in [0.3, 0.4) is 0 Å². The molecule has 1 amide bonds. The van der Waals surface area contributed by atoms with Gasteiger partial charge in [0, 0.05) is 5.69 Å². The van der Waals surface area contributed by atoms with Gasteiger partial charge in [0.25, 0.3) is 5.91 Å². The molecular weight excluding hydrogens is 239 g/mol. The first kappa shape index (κ1) is 12.0. The van der Waals surface area contributed by atoms with Crippen LogP contribution in [0.2, 0.25) is 0 Å². The Morgan fingerprint density at radius 2 is 2.33 bits per heavy atom. The van der Waals surface area contributed by atoms with Crippen molar-refractivity contribution in [3.05, 3.63) is 41.3 Å². The molecule has 0 fully saturated rings. The maximum atomic E-state index is 13.4. The van der Waals surface area contributed by atoms with Crippen LogP contribution in [0.4, 0.5) is 10.1 Å². The molecule has 0 aliphatic rings. The minimum atomic E-state index is -0.636. The quantitative estimate of drug-likeness (QED) is 0.793. The molecule has 6 nitrogen and oxygen atoms in total. The van der Waals surface area contributed by atoms with E-state index in [0.717, 1.165) is 6.07 Å². The smallest absolute Gasteiger partial charge is 0.254 e. The van der Waals surface area contributed by atoms with Crippen LogP contribution in [0, 0.1) is 12.7 Å². The number of nitrogens with zero attached hydrogens (tertiary/aromatic N) is 2. The highest BCUT2D eigenvalue weighted by Crippen LogP contribution is 2.12. The zero-order chi connectivity index (χ0) is 13.1. The maximum Gasteiger partial charge on any atom is 0.254 e. The summed E-state index contributed by atoms with van der Waals surface area (Å²) in [6, 6.07) is 3.79. The molecule has 0 spiro atoms. The molecule has 1 aromatic carbocycles. The molecule has 1 heterocycles. The van der Waals surface area contributed by atoms with Crippen molar-refractivity contribution < 1.29 is 13.7 Å². The Morgan fingerprint density at radius 3 is 3.00 bits per heavy atom. The van der Waals surface area contributed by atoms with Crippen LogP contribution in [0.5, 0.6) is 0 Å². The van der Waals surface area contributed by atoms with Crippen molar-refractivity contribution in [2.24, 2.45) is 0 Å². The average molecular weight is 250 g/mol. The number of amides is 1. The molecule has 2 rings (SSSR count). The fourth-order valence-electron chi connectivity index (χ4n) is 1.38. The van der Waals surface area contributed by atoms with Gasteiger partial charge in [0.1, 0.15) is 5.82 Å². The standard InChI is InChI=1S/C11H11FN4O2/c1-6-15-10(18-16-6)5-14-11(17)8-4-7(13)2-3-9(8)12/h2-4H,5,13H2,1H3,(H,14,17). The molecule has 7 heteroatoms. The van der Waals surface area contributed by atoms with Crippen LogP contribution in [0.15, 0.2) is 22.7 Å². The number of carbonyl (C=O) groups excluding carboxylic acids is 1. The fourth-order valence-corrected chi connectivity index (χ4v) is 1.38. The first-order valence-corrected chi connectivity index (χ1v) is 5.18. The summed E-state index contributed by atoms with van der Waals surface area (Å²) >= 11 is 0. The lowest BCUT2D eigenvalue weighted by Gasteiger charge is -2.04. The second-order valence-electron chi connectivity index (χ2n) is 3.66. The number of anilines is 1. The summed E-state index contributed by atoms with van der Waals surface area (Å²) in [5, 5.41) is 6.03. The number of hydrogen-bond acceptors (Lipinski definition) is 5. The van der Waals surface area contributed by atoms with Crippen LogP contribution in [-0.4, -0.2) is 16.0 Å². The summed E-state index contributed by atoms with van der Waals surface area (Å²) in [5.74, 6) is -0.501. The Labute approximate surface area is 102 Å². The molecular formula is C11H11FN4O2. The number of halogens is 1. The van der Waals surface area contributed by atoms with Crippen LogP contribution in [0.1, 0.15) is 22.1 Å². The molecule has 0 aliphatic carbocycles. The number of aryl methyl sites for hydroxylation is 1. The second-order valence-corrected chi connectivity index (χ2v) is 3.66. The predicted octanol–water partition coefficient (Wildman–Crippen LogP) is 1.03. The van der Waals surface area contributed by atoms with Gasteiger partial charge >= 0.3 is 0 Å².